The summed E-state index contributed by atoms with van der Waals surface area (Å²) >= 11 is 6.81. The molecule has 8 N–H and O–H groups in total. The van der Waals surface area contributed by atoms with E-state index in [2.05, 4.69) is 25.9 Å². The smallest absolute Gasteiger partial charge is 0.397 e. The number of nitrogens with two attached hydrogens (primary N) is 2. The van der Waals surface area contributed by atoms with Gasteiger partial charge in [0.15, 0.2) is 0 Å². The zero-order valence-corrected chi connectivity index (χ0v) is 21.0. The number of fused-ring (bicyclic) bond motifs is 1. The number of halogens is 4. The summed E-state index contributed by atoms with van der Waals surface area (Å²) in [5, 5.41) is 18.2. The molecule has 1 aliphatic rings. The summed E-state index contributed by atoms with van der Waals surface area (Å²) in [5.41, 5.74) is 12.5. The summed E-state index contributed by atoms with van der Waals surface area (Å²) in [6.45, 7) is 0. The molecule has 1 atom stereocenters. The first-order valence-corrected chi connectivity index (χ1v) is 12.5. The number of aliphatic hydroxyl groups excluding tert-OH is 1. The average molecular weight is 564 g/mol. The Bertz CT molecular complexity index is 1540. The number of rotatable bonds is 6. The highest BCUT2D eigenvalue weighted by Crippen LogP contribution is 2.41. The number of nitrogens with one attached hydrogen (secondary N) is 3. The maximum absolute atomic E-state index is 13.1. The SMILES string of the molecule is Nc1c(C(N)O)sc2nc(NC3CC3)nc(-c3cccc(NC(=O)Nc4ccc(Cl)c(C(F)(F)F)c4)c3)c12. The quantitative estimate of drug-likeness (QED) is 0.163. The van der Waals surface area contributed by atoms with Crippen LogP contribution in [0.25, 0.3) is 21.5 Å². The Kier molecular flexibility index (Phi) is 6.77. The number of anilines is 4. The van der Waals surface area contributed by atoms with Crippen molar-refractivity contribution in [2.45, 2.75) is 31.3 Å². The maximum Gasteiger partial charge on any atom is 0.417 e. The number of hydrogen-bond acceptors (Lipinski definition) is 8. The molecule has 2 aromatic carbocycles. The minimum atomic E-state index is -4.67. The van der Waals surface area contributed by atoms with Crippen LogP contribution in [0.15, 0.2) is 42.5 Å². The summed E-state index contributed by atoms with van der Waals surface area (Å²) in [4.78, 5) is 22.6. The van der Waals surface area contributed by atoms with Crippen LogP contribution in [0.3, 0.4) is 0 Å². The molecular weight excluding hydrogens is 543 g/mol. The van der Waals surface area contributed by atoms with Gasteiger partial charge in [0.1, 0.15) is 11.1 Å². The van der Waals surface area contributed by atoms with E-state index in [4.69, 9.17) is 23.1 Å². The van der Waals surface area contributed by atoms with E-state index < -0.39 is 29.0 Å². The first kappa shape index (κ1) is 26.0. The van der Waals surface area contributed by atoms with E-state index in [0.717, 1.165) is 36.3 Å². The van der Waals surface area contributed by atoms with E-state index in [1.54, 1.807) is 24.3 Å². The lowest BCUT2D eigenvalue weighted by atomic mass is 10.1. The van der Waals surface area contributed by atoms with Crippen LogP contribution in [-0.4, -0.2) is 27.1 Å². The molecule has 1 saturated carbocycles. The number of thiophene rings is 1. The molecule has 14 heteroatoms. The van der Waals surface area contributed by atoms with Gasteiger partial charge in [-0.3, -0.25) is 0 Å². The van der Waals surface area contributed by atoms with Crippen molar-refractivity contribution in [2.75, 3.05) is 21.7 Å². The number of hydrogen-bond donors (Lipinski definition) is 6. The third kappa shape index (κ3) is 5.45. The number of carbonyl (C=O) groups is 1. The number of urea groups is 1. The second-order valence-corrected chi connectivity index (χ2v) is 10.1. The average Bonchev–Trinajstić information content (AvgIpc) is 3.59. The van der Waals surface area contributed by atoms with Crippen molar-refractivity contribution in [3.63, 3.8) is 0 Å². The Morgan fingerprint density at radius 3 is 2.50 bits per heavy atom. The third-order valence-corrected chi connectivity index (χ3v) is 7.22. The number of benzene rings is 2. The number of alkyl halides is 3. The second kappa shape index (κ2) is 9.91. The molecule has 0 radical (unpaired) electrons. The summed E-state index contributed by atoms with van der Waals surface area (Å²) in [7, 11) is 0. The first-order chi connectivity index (χ1) is 18.0. The molecule has 198 valence electrons. The molecule has 2 amide bonds. The second-order valence-electron chi connectivity index (χ2n) is 8.67. The van der Waals surface area contributed by atoms with Crippen molar-refractivity contribution < 1.29 is 23.1 Å². The largest absolute Gasteiger partial charge is 0.417 e. The number of amides is 2. The van der Waals surface area contributed by atoms with Crippen molar-refractivity contribution in [1.29, 1.82) is 0 Å². The van der Waals surface area contributed by atoms with Crippen LogP contribution >= 0.6 is 22.9 Å². The summed E-state index contributed by atoms with van der Waals surface area (Å²) in [6, 6.07) is 9.29. The minimum absolute atomic E-state index is 0.0809. The van der Waals surface area contributed by atoms with Gasteiger partial charge < -0.3 is 32.5 Å². The molecule has 1 fully saturated rings. The topological polar surface area (TPSA) is 151 Å². The van der Waals surface area contributed by atoms with Crippen molar-refractivity contribution in [3.8, 4) is 11.3 Å². The Labute approximate surface area is 223 Å². The zero-order valence-electron chi connectivity index (χ0n) is 19.4. The lowest BCUT2D eigenvalue weighted by Gasteiger charge is -2.13. The number of aliphatic hydroxyl groups is 1. The van der Waals surface area contributed by atoms with Crippen LogP contribution in [0.1, 0.15) is 29.5 Å². The first-order valence-electron chi connectivity index (χ1n) is 11.3. The van der Waals surface area contributed by atoms with Crippen molar-refractivity contribution in [1.82, 2.24) is 9.97 Å². The highest BCUT2D eigenvalue weighted by molar-refractivity contribution is 7.19. The van der Waals surface area contributed by atoms with E-state index in [1.807, 2.05) is 0 Å². The molecule has 1 aliphatic carbocycles. The highest BCUT2D eigenvalue weighted by atomic mass is 35.5. The minimum Gasteiger partial charge on any atom is -0.397 e. The van der Waals surface area contributed by atoms with Crippen molar-refractivity contribution in [3.05, 3.63) is 57.9 Å². The number of carbonyl (C=O) groups excluding carboxylic acids is 1. The molecule has 0 saturated heterocycles. The monoisotopic (exact) mass is 563 g/mol. The molecule has 4 aromatic rings. The summed E-state index contributed by atoms with van der Waals surface area (Å²) in [6.07, 6.45) is -3.95. The molecule has 38 heavy (non-hydrogen) atoms. The van der Waals surface area contributed by atoms with Gasteiger partial charge in [0.2, 0.25) is 5.95 Å². The predicted molar refractivity (Wildman–Crippen MR) is 142 cm³/mol. The standard InChI is InChI=1S/C24H21ClF3N7O2S/c25-15-7-6-13(9-14(15)24(26,27)28)33-23(37)32-12-3-1-2-10(8-12)18-16-17(29)19(20(30)36)38-21(16)35-22(34-18)31-11-4-5-11/h1-3,6-9,11,20,36H,4-5,29-30H2,(H,31,34,35)(H2,32,33,37). The van der Waals surface area contributed by atoms with Gasteiger partial charge >= 0.3 is 12.2 Å². The fourth-order valence-corrected chi connectivity index (χ4v) is 5.01. The van der Waals surface area contributed by atoms with Crippen LogP contribution < -0.4 is 27.4 Å². The highest BCUT2D eigenvalue weighted by Gasteiger charge is 2.33. The maximum atomic E-state index is 13.1. The molecule has 5 rings (SSSR count). The molecule has 0 aliphatic heterocycles. The van der Waals surface area contributed by atoms with E-state index in [0.29, 0.717) is 38.0 Å². The van der Waals surface area contributed by atoms with Gasteiger partial charge in [0.25, 0.3) is 0 Å². The van der Waals surface area contributed by atoms with Gasteiger partial charge in [-0.15, -0.1) is 11.3 Å². The van der Waals surface area contributed by atoms with E-state index in [-0.39, 0.29) is 17.4 Å². The molecular formula is C24H21ClF3N7O2S. The molecule has 2 heterocycles. The van der Waals surface area contributed by atoms with E-state index in [9.17, 15) is 23.1 Å². The molecule has 2 aromatic heterocycles. The van der Waals surface area contributed by atoms with Crippen LogP contribution in [0.2, 0.25) is 5.02 Å². The predicted octanol–water partition coefficient (Wildman–Crippen LogP) is 5.78. The van der Waals surface area contributed by atoms with Crippen molar-refractivity contribution >= 4 is 62.2 Å². The molecule has 9 nitrogen and oxygen atoms in total. The Balaban J connectivity index is 1.44. The van der Waals surface area contributed by atoms with Gasteiger partial charge in [-0.1, -0.05) is 23.7 Å². The summed E-state index contributed by atoms with van der Waals surface area (Å²) < 4.78 is 39.4. The van der Waals surface area contributed by atoms with Crippen molar-refractivity contribution in [2.24, 2.45) is 5.73 Å². The fourth-order valence-electron chi connectivity index (χ4n) is 3.80. The number of nitrogen functional groups attached to an aromatic ring is 1. The Hall–Kier alpha value is -3.65. The van der Waals surface area contributed by atoms with Gasteiger partial charge in [-0.25, -0.2) is 14.8 Å². The van der Waals surface area contributed by atoms with Crippen LogP contribution in [0.5, 0.6) is 0 Å². The van der Waals surface area contributed by atoms with Gasteiger partial charge in [-0.2, -0.15) is 13.2 Å². The lowest BCUT2D eigenvalue weighted by Crippen LogP contribution is -2.20. The van der Waals surface area contributed by atoms with Crippen LogP contribution in [0.4, 0.5) is 41.0 Å². The Morgan fingerprint density at radius 2 is 1.84 bits per heavy atom. The Morgan fingerprint density at radius 1 is 1.13 bits per heavy atom. The fraction of sp³-hybridized carbons (Fsp3) is 0.208. The van der Waals surface area contributed by atoms with Gasteiger partial charge in [0, 0.05) is 23.0 Å². The number of aromatic nitrogens is 2. The van der Waals surface area contributed by atoms with Crippen LogP contribution in [-0.2, 0) is 6.18 Å². The summed E-state index contributed by atoms with van der Waals surface area (Å²) in [5.74, 6) is 0.397. The molecule has 0 spiro atoms. The lowest BCUT2D eigenvalue weighted by molar-refractivity contribution is -0.137. The van der Waals surface area contributed by atoms with E-state index >= 15 is 0 Å². The van der Waals surface area contributed by atoms with Gasteiger partial charge in [-0.05, 0) is 43.2 Å². The normalized spacial score (nSPS) is 14.4. The zero-order chi connectivity index (χ0) is 27.2. The van der Waals surface area contributed by atoms with E-state index in [1.165, 1.54) is 6.07 Å². The number of nitrogens with zero attached hydrogens (tertiary/aromatic N) is 2. The molecule has 0 bridgehead atoms. The van der Waals surface area contributed by atoms with Gasteiger partial charge in [0.05, 0.1) is 32.2 Å². The third-order valence-electron chi connectivity index (χ3n) is 5.72. The van der Waals surface area contributed by atoms with Crippen LogP contribution in [0, 0.1) is 0 Å². The molecule has 1 unspecified atom stereocenters.